The van der Waals surface area contributed by atoms with E-state index in [4.69, 9.17) is 4.74 Å². The lowest BCUT2D eigenvalue weighted by Gasteiger charge is -2.16. The van der Waals surface area contributed by atoms with Gasteiger partial charge in [0.2, 0.25) is 0 Å². The number of hydrogen-bond donors (Lipinski definition) is 1. The highest BCUT2D eigenvalue weighted by molar-refractivity contribution is 7.91. The molecule has 2 atom stereocenters. The second-order valence-corrected chi connectivity index (χ2v) is 6.79. The maximum absolute atomic E-state index is 11.4. The lowest BCUT2D eigenvalue weighted by molar-refractivity contribution is 0.0747. The van der Waals surface area contributed by atoms with Crippen molar-refractivity contribution in [3.8, 4) is 5.75 Å². The number of para-hydroxylation sites is 1. The molecule has 1 aromatic heterocycles. The Labute approximate surface area is 110 Å². The van der Waals surface area contributed by atoms with E-state index in [0.29, 0.717) is 11.3 Å². The Kier molecular flexibility index (Phi) is 2.91. The van der Waals surface area contributed by atoms with E-state index in [1.807, 2.05) is 24.3 Å². The molecule has 2 heterocycles. The van der Waals surface area contributed by atoms with Crippen molar-refractivity contribution in [3.05, 3.63) is 36.5 Å². The maximum Gasteiger partial charge on any atom is 0.156 e. The van der Waals surface area contributed by atoms with Gasteiger partial charge in [-0.3, -0.25) is 4.98 Å². The molecule has 0 aliphatic carbocycles. The number of nitrogens with zero attached hydrogens (tertiary/aromatic N) is 1. The Morgan fingerprint density at radius 3 is 2.74 bits per heavy atom. The zero-order valence-corrected chi connectivity index (χ0v) is 10.9. The van der Waals surface area contributed by atoms with Crippen molar-refractivity contribution in [3.63, 3.8) is 0 Å². The number of aliphatic hydroxyl groups excluding tert-OH is 1. The van der Waals surface area contributed by atoms with Gasteiger partial charge >= 0.3 is 0 Å². The van der Waals surface area contributed by atoms with Crippen LogP contribution in [0.2, 0.25) is 0 Å². The first kappa shape index (κ1) is 12.4. The van der Waals surface area contributed by atoms with E-state index in [0.717, 1.165) is 5.39 Å². The van der Waals surface area contributed by atoms with Crippen LogP contribution in [0.25, 0.3) is 10.9 Å². The van der Waals surface area contributed by atoms with Crippen LogP contribution in [-0.2, 0) is 9.84 Å². The molecule has 5 nitrogen and oxygen atoms in total. The predicted molar refractivity (Wildman–Crippen MR) is 70.8 cm³/mol. The summed E-state index contributed by atoms with van der Waals surface area (Å²) in [6, 6.07) is 9.16. The van der Waals surface area contributed by atoms with E-state index in [1.54, 1.807) is 12.3 Å². The summed E-state index contributed by atoms with van der Waals surface area (Å²) < 4.78 is 28.5. The van der Waals surface area contributed by atoms with E-state index in [1.165, 1.54) is 0 Å². The SMILES string of the molecule is O=S1(=O)CC(O)C(Oc2cccc3cccnc23)C1. The van der Waals surface area contributed by atoms with Gasteiger partial charge in [-0.05, 0) is 12.1 Å². The van der Waals surface area contributed by atoms with Gasteiger partial charge < -0.3 is 9.84 Å². The molecular formula is C13H13NO4S. The average molecular weight is 279 g/mol. The van der Waals surface area contributed by atoms with Crippen LogP contribution < -0.4 is 4.74 Å². The van der Waals surface area contributed by atoms with Crippen LogP contribution in [-0.4, -0.2) is 42.2 Å². The Bertz CT molecular complexity index is 708. The minimum atomic E-state index is -3.21. The number of ether oxygens (including phenoxy) is 1. The molecule has 1 fully saturated rings. The summed E-state index contributed by atoms with van der Waals surface area (Å²) in [7, 11) is -3.21. The second kappa shape index (κ2) is 4.47. The average Bonchev–Trinajstić information content (AvgIpc) is 2.63. The van der Waals surface area contributed by atoms with Crippen LogP contribution in [0, 0.1) is 0 Å². The van der Waals surface area contributed by atoms with Gasteiger partial charge in [0, 0.05) is 11.6 Å². The molecule has 1 aliphatic rings. The molecule has 19 heavy (non-hydrogen) atoms. The first-order valence-corrected chi connectivity index (χ1v) is 7.76. The van der Waals surface area contributed by atoms with Crippen LogP contribution >= 0.6 is 0 Å². The normalized spacial score (nSPS) is 25.5. The summed E-state index contributed by atoms with van der Waals surface area (Å²) in [6.45, 7) is 0. The Morgan fingerprint density at radius 2 is 2.00 bits per heavy atom. The van der Waals surface area contributed by atoms with Gasteiger partial charge in [0.15, 0.2) is 9.84 Å². The largest absolute Gasteiger partial charge is 0.484 e. The van der Waals surface area contributed by atoms with Crippen LogP contribution in [0.5, 0.6) is 5.75 Å². The van der Waals surface area contributed by atoms with Gasteiger partial charge in [0.1, 0.15) is 23.5 Å². The van der Waals surface area contributed by atoms with Crippen LogP contribution in [0.4, 0.5) is 0 Å². The van der Waals surface area contributed by atoms with E-state index in [9.17, 15) is 13.5 Å². The molecule has 2 unspecified atom stereocenters. The maximum atomic E-state index is 11.4. The molecule has 1 saturated heterocycles. The molecule has 1 aromatic carbocycles. The van der Waals surface area contributed by atoms with E-state index in [2.05, 4.69) is 4.98 Å². The van der Waals surface area contributed by atoms with Gasteiger partial charge in [-0.2, -0.15) is 0 Å². The monoisotopic (exact) mass is 279 g/mol. The van der Waals surface area contributed by atoms with Crippen molar-refractivity contribution >= 4 is 20.7 Å². The molecule has 1 aliphatic heterocycles. The number of pyridine rings is 1. The Morgan fingerprint density at radius 1 is 1.21 bits per heavy atom. The molecule has 0 radical (unpaired) electrons. The summed E-state index contributed by atoms with van der Waals surface area (Å²) in [5, 5.41) is 10.6. The molecule has 6 heteroatoms. The third-order valence-electron chi connectivity index (χ3n) is 3.15. The van der Waals surface area contributed by atoms with E-state index < -0.39 is 22.0 Å². The van der Waals surface area contributed by atoms with Crippen molar-refractivity contribution < 1.29 is 18.3 Å². The highest BCUT2D eigenvalue weighted by Gasteiger charge is 2.38. The predicted octanol–water partition coefficient (Wildman–Crippen LogP) is 0.771. The fraction of sp³-hybridized carbons (Fsp3) is 0.308. The van der Waals surface area contributed by atoms with E-state index >= 15 is 0 Å². The zero-order valence-electron chi connectivity index (χ0n) is 10.1. The highest BCUT2D eigenvalue weighted by atomic mass is 32.2. The van der Waals surface area contributed by atoms with Crippen molar-refractivity contribution in [2.45, 2.75) is 12.2 Å². The highest BCUT2D eigenvalue weighted by Crippen LogP contribution is 2.26. The number of aromatic nitrogens is 1. The number of sulfone groups is 1. The third kappa shape index (κ3) is 2.41. The fourth-order valence-corrected chi connectivity index (χ4v) is 3.91. The lowest BCUT2D eigenvalue weighted by atomic mass is 10.2. The smallest absolute Gasteiger partial charge is 0.156 e. The first-order valence-electron chi connectivity index (χ1n) is 5.94. The first-order chi connectivity index (χ1) is 9.05. The van der Waals surface area contributed by atoms with E-state index in [-0.39, 0.29) is 11.5 Å². The van der Waals surface area contributed by atoms with Gasteiger partial charge in [0.25, 0.3) is 0 Å². The van der Waals surface area contributed by atoms with Crippen molar-refractivity contribution in [1.82, 2.24) is 4.98 Å². The van der Waals surface area contributed by atoms with Crippen molar-refractivity contribution in [2.24, 2.45) is 0 Å². The second-order valence-electron chi connectivity index (χ2n) is 4.63. The van der Waals surface area contributed by atoms with Crippen LogP contribution in [0.1, 0.15) is 0 Å². The summed E-state index contributed by atoms with van der Waals surface area (Å²) in [6.07, 6.45) is -0.0571. The topological polar surface area (TPSA) is 76.5 Å². The molecule has 1 N–H and O–H groups in total. The fourth-order valence-electron chi connectivity index (χ4n) is 2.24. The zero-order chi connectivity index (χ0) is 13.5. The number of fused-ring (bicyclic) bond motifs is 1. The van der Waals surface area contributed by atoms with Crippen LogP contribution in [0.3, 0.4) is 0 Å². The number of hydrogen-bond acceptors (Lipinski definition) is 5. The summed E-state index contributed by atoms with van der Waals surface area (Å²) >= 11 is 0. The van der Waals surface area contributed by atoms with Gasteiger partial charge in [0.05, 0.1) is 11.5 Å². The molecule has 0 bridgehead atoms. The van der Waals surface area contributed by atoms with Crippen LogP contribution in [0.15, 0.2) is 36.5 Å². The molecule has 2 aromatic rings. The number of rotatable bonds is 2. The van der Waals surface area contributed by atoms with Gasteiger partial charge in [-0.25, -0.2) is 8.42 Å². The number of benzene rings is 1. The number of aliphatic hydroxyl groups is 1. The van der Waals surface area contributed by atoms with Gasteiger partial charge in [-0.1, -0.05) is 18.2 Å². The van der Waals surface area contributed by atoms with Crippen molar-refractivity contribution in [2.75, 3.05) is 11.5 Å². The molecule has 100 valence electrons. The molecule has 0 saturated carbocycles. The summed E-state index contributed by atoms with van der Waals surface area (Å²) in [4.78, 5) is 4.23. The summed E-state index contributed by atoms with van der Waals surface area (Å²) in [5.74, 6) is 0.104. The lowest BCUT2D eigenvalue weighted by Crippen LogP contribution is -2.29. The minimum Gasteiger partial charge on any atom is -0.484 e. The van der Waals surface area contributed by atoms with Crippen molar-refractivity contribution in [1.29, 1.82) is 0 Å². The molecule has 3 rings (SSSR count). The standard InChI is InChI=1S/C13H13NO4S/c15-10-7-19(16,17)8-12(10)18-11-5-1-3-9-4-2-6-14-13(9)11/h1-6,10,12,15H,7-8H2. The van der Waals surface area contributed by atoms with Gasteiger partial charge in [-0.15, -0.1) is 0 Å². The quantitative estimate of drug-likeness (QED) is 0.878. The minimum absolute atomic E-state index is 0.155. The Hall–Kier alpha value is -1.66. The summed E-state index contributed by atoms with van der Waals surface area (Å²) in [5.41, 5.74) is 0.668. The Balaban J connectivity index is 1.94. The molecule has 0 spiro atoms. The molecular weight excluding hydrogens is 266 g/mol. The molecule has 0 amide bonds. The third-order valence-corrected chi connectivity index (χ3v) is 4.83.